The summed E-state index contributed by atoms with van der Waals surface area (Å²) >= 11 is 2.33. The second kappa shape index (κ2) is 4.19. The summed E-state index contributed by atoms with van der Waals surface area (Å²) in [4.78, 5) is 0. The Labute approximate surface area is 100 Å². The van der Waals surface area contributed by atoms with E-state index >= 15 is 0 Å². The van der Waals surface area contributed by atoms with Gasteiger partial charge in [-0.1, -0.05) is 26.8 Å². The van der Waals surface area contributed by atoms with Crippen LogP contribution in [-0.4, -0.2) is 0 Å². The lowest BCUT2D eigenvalue weighted by Crippen LogP contribution is -2.27. The zero-order valence-corrected chi connectivity index (χ0v) is 11.4. The first kappa shape index (κ1) is 12.0. The molecule has 0 aliphatic rings. The topological polar surface area (TPSA) is 26.0 Å². The van der Waals surface area contributed by atoms with Gasteiger partial charge in [0.25, 0.3) is 0 Å². The van der Waals surface area contributed by atoms with E-state index in [1.54, 1.807) is 0 Å². The van der Waals surface area contributed by atoms with Crippen LogP contribution in [0.4, 0.5) is 0 Å². The van der Waals surface area contributed by atoms with Gasteiger partial charge in [-0.25, -0.2) is 0 Å². The molecule has 1 aromatic rings. The third kappa shape index (κ3) is 2.70. The van der Waals surface area contributed by atoms with Crippen molar-refractivity contribution in [1.82, 2.24) is 0 Å². The zero-order valence-electron chi connectivity index (χ0n) is 9.26. The molecule has 0 aliphatic carbocycles. The molecular formula is C12H18IN. The van der Waals surface area contributed by atoms with Gasteiger partial charge in [0, 0.05) is 9.61 Å². The Kier molecular flexibility index (Phi) is 3.58. The maximum Gasteiger partial charge on any atom is 0.0347 e. The average molecular weight is 303 g/mol. The lowest BCUT2D eigenvalue weighted by atomic mass is 9.81. The van der Waals surface area contributed by atoms with Gasteiger partial charge in [0.05, 0.1) is 0 Å². The van der Waals surface area contributed by atoms with Crippen molar-refractivity contribution >= 4 is 22.6 Å². The van der Waals surface area contributed by atoms with Crippen LogP contribution < -0.4 is 5.73 Å². The molecule has 0 saturated carbocycles. The molecule has 0 fully saturated rings. The Morgan fingerprint density at radius 1 is 1.29 bits per heavy atom. The van der Waals surface area contributed by atoms with Gasteiger partial charge < -0.3 is 5.73 Å². The van der Waals surface area contributed by atoms with Crippen molar-refractivity contribution in [2.75, 3.05) is 0 Å². The van der Waals surface area contributed by atoms with Crippen LogP contribution in [0.5, 0.6) is 0 Å². The second-order valence-electron chi connectivity index (χ2n) is 4.84. The Bertz CT molecular complexity index is 326. The fourth-order valence-electron chi connectivity index (χ4n) is 1.41. The molecule has 0 amide bonds. The highest BCUT2D eigenvalue weighted by molar-refractivity contribution is 14.1. The molecule has 0 bridgehead atoms. The maximum atomic E-state index is 6.24. The number of halogens is 1. The third-order valence-corrected chi connectivity index (χ3v) is 3.18. The standard InChI is InChI=1S/C12H18IN/c1-8-5-6-9(13)7-10(8)11(14)12(2,3)4/h5-7,11H,14H2,1-4H3/t11-/m1/s1. The molecule has 0 radical (unpaired) electrons. The molecule has 1 atom stereocenters. The molecule has 2 N–H and O–H groups in total. The predicted molar refractivity (Wildman–Crippen MR) is 70.3 cm³/mol. The fraction of sp³-hybridized carbons (Fsp3) is 0.500. The minimum Gasteiger partial charge on any atom is -0.324 e. The van der Waals surface area contributed by atoms with Gasteiger partial charge in [0.2, 0.25) is 0 Å². The summed E-state index contributed by atoms with van der Waals surface area (Å²) in [5, 5.41) is 0. The molecule has 1 rings (SSSR count). The molecular weight excluding hydrogens is 285 g/mol. The van der Waals surface area contributed by atoms with E-state index in [1.165, 1.54) is 14.7 Å². The molecule has 0 aromatic heterocycles. The van der Waals surface area contributed by atoms with Crippen LogP contribution in [-0.2, 0) is 0 Å². The van der Waals surface area contributed by atoms with Gasteiger partial charge in [0.1, 0.15) is 0 Å². The van der Waals surface area contributed by atoms with E-state index in [-0.39, 0.29) is 11.5 Å². The molecule has 14 heavy (non-hydrogen) atoms. The number of nitrogens with two attached hydrogens (primary N) is 1. The van der Waals surface area contributed by atoms with Crippen molar-refractivity contribution < 1.29 is 0 Å². The fourth-order valence-corrected chi connectivity index (χ4v) is 1.93. The quantitative estimate of drug-likeness (QED) is 0.788. The van der Waals surface area contributed by atoms with Gasteiger partial charge in [-0.15, -0.1) is 0 Å². The Morgan fingerprint density at radius 2 is 1.86 bits per heavy atom. The Morgan fingerprint density at radius 3 is 2.36 bits per heavy atom. The van der Waals surface area contributed by atoms with Crippen LogP contribution in [0.25, 0.3) is 0 Å². The molecule has 1 nitrogen and oxygen atoms in total. The number of hydrogen-bond acceptors (Lipinski definition) is 1. The third-order valence-electron chi connectivity index (χ3n) is 2.51. The molecule has 78 valence electrons. The molecule has 0 spiro atoms. The molecule has 2 heteroatoms. The summed E-state index contributed by atoms with van der Waals surface area (Å²) < 4.78 is 1.25. The summed E-state index contributed by atoms with van der Waals surface area (Å²) in [5.74, 6) is 0. The van der Waals surface area contributed by atoms with Crippen LogP contribution in [0, 0.1) is 15.9 Å². The van der Waals surface area contributed by atoms with E-state index in [2.05, 4.69) is 68.5 Å². The van der Waals surface area contributed by atoms with E-state index in [0.717, 1.165) is 0 Å². The largest absolute Gasteiger partial charge is 0.324 e. The normalized spacial score (nSPS) is 14.1. The number of aryl methyl sites for hydroxylation is 1. The molecule has 0 heterocycles. The molecule has 0 unspecified atom stereocenters. The van der Waals surface area contributed by atoms with Crippen molar-refractivity contribution in [1.29, 1.82) is 0 Å². The van der Waals surface area contributed by atoms with Gasteiger partial charge in [-0.05, 0) is 58.2 Å². The highest BCUT2D eigenvalue weighted by Gasteiger charge is 2.23. The highest BCUT2D eigenvalue weighted by atomic mass is 127. The van der Waals surface area contributed by atoms with E-state index in [0.29, 0.717) is 0 Å². The monoisotopic (exact) mass is 303 g/mol. The van der Waals surface area contributed by atoms with E-state index < -0.39 is 0 Å². The predicted octanol–water partition coefficient (Wildman–Crippen LogP) is 3.65. The number of benzene rings is 1. The van der Waals surface area contributed by atoms with Crippen LogP contribution in [0.2, 0.25) is 0 Å². The average Bonchev–Trinajstić information content (AvgIpc) is 2.06. The summed E-state index contributed by atoms with van der Waals surface area (Å²) in [6.07, 6.45) is 0. The minimum atomic E-state index is 0.109. The van der Waals surface area contributed by atoms with E-state index in [4.69, 9.17) is 5.73 Å². The minimum absolute atomic E-state index is 0.109. The van der Waals surface area contributed by atoms with E-state index in [1.807, 2.05) is 0 Å². The lowest BCUT2D eigenvalue weighted by molar-refractivity contribution is 0.326. The summed E-state index contributed by atoms with van der Waals surface area (Å²) in [7, 11) is 0. The zero-order chi connectivity index (χ0) is 10.9. The van der Waals surface area contributed by atoms with Crippen LogP contribution in [0.1, 0.15) is 37.9 Å². The molecule has 0 aliphatic heterocycles. The first-order valence-corrected chi connectivity index (χ1v) is 5.92. The van der Waals surface area contributed by atoms with Gasteiger partial charge in [0.15, 0.2) is 0 Å². The Hall–Kier alpha value is -0.0900. The van der Waals surface area contributed by atoms with Gasteiger partial charge in [-0.3, -0.25) is 0 Å². The first-order chi connectivity index (χ1) is 6.32. The van der Waals surface area contributed by atoms with Crippen LogP contribution in [0.15, 0.2) is 18.2 Å². The Balaban J connectivity index is 3.12. The van der Waals surface area contributed by atoms with Crippen LogP contribution >= 0.6 is 22.6 Å². The van der Waals surface area contributed by atoms with E-state index in [9.17, 15) is 0 Å². The van der Waals surface area contributed by atoms with Gasteiger partial charge in [-0.2, -0.15) is 0 Å². The number of hydrogen-bond donors (Lipinski definition) is 1. The van der Waals surface area contributed by atoms with Crippen molar-refractivity contribution in [2.45, 2.75) is 33.7 Å². The highest BCUT2D eigenvalue weighted by Crippen LogP contribution is 2.32. The maximum absolute atomic E-state index is 6.24. The van der Waals surface area contributed by atoms with Crippen molar-refractivity contribution in [3.05, 3.63) is 32.9 Å². The summed E-state index contributed by atoms with van der Waals surface area (Å²) in [6.45, 7) is 8.65. The summed E-state index contributed by atoms with van der Waals surface area (Å²) in [5.41, 5.74) is 8.91. The summed E-state index contributed by atoms with van der Waals surface area (Å²) in [6, 6.07) is 6.56. The van der Waals surface area contributed by atoms with Crippen molar-refractivity contribution in [2.24, 2.45) is 11.1 Å². The second-order valence-corrected chi connectivity index (χ2v) is 6.09. The number of rotatable bonds is 1. The molecule has 0 saturated heterocycles. The lowest BCUT2D eigenvalue weighted by Gasteiger charge is -2.28. The van der Waals surface area contributed by atoms with Gasteiger partial charge >= 0.3 is 0 Å². The van der Waals surface area contributed by atoms with Crippen molar-refractivity contribution in [3.8, 4) is 0 Å². The van der Waals surface area contributed by atoms with Crippen LogP contribution in [0.3, 0.4) is 0 Å². The smallest absolute Gasteiger partial charge is 0.0347 e. The first-order valence-electron chi connectivity index (χ1n) is 4.84. The molecule has 1 aromatic carbocycles. The van der Waals surface area contributed by atoms with Crippen molar-refractivity contribution in [3.63, 3.8) is 0 Å². The SMILES string of the molecule is Cc1ccc(I)cc1[C@@H](N)C(C)(C)C.